The summed E-state index contributed by atoms with van der Waals surface area (Å²) in [6, 6.07) is 8.54. The monoisotopic (exact) mass is 342 g/mol. The average molecular weight is 342 g/mol. The molecule has 0 bridgehead atoms. The number of carbonyl (C=O) groups excluding carboxylic acids is 1. The summed E-state index contributed by atoms with van der Waals surface area (Å²) < 4.78 is 11.1. The molecule has 3 rings (SSSR count). The molecule has 5 nitrogen and oxygen atoms in total. The number of ether oxygens (including phenoxy) is 1. The molecule has 2 aromatic rings. The molecule has 1 aliphatic rings. The first-order valence-electron chi connectivity index (χ1n) is 9.03. The van der Waals surface area contributed by atoms with Crippen molar-refractivity contribution >= 4 is 5.91 Å². The highest BCUT2D eigenvalue weighted by Crippen LogP contribution is 2.32. The Morgan fingerprint density at radius 2 is 2.20 bits per heavy atom. The number of fused-ring (bicyclic) bond motifs is 1. The highest BCUT2D eigenvalue weighted by atomic mass is 16.5. The van der Waals surface area contributed by atoms with E-state index in [0.29, 0.717) is 25.3 Å². The molecule has 0 fully saturated rings. The Balaban J connectivity index is 1.38. The molecule has 0 saturated heterocycles. The Hall–Kier alpha value is -2.14. The van der Waals surface area contributed by atoms with Crippen LogP contribution in [0.25, 0.3) is 0 Å². The number of amides is 1. The van der Waals surface area contributed by atoms with Crippen molar-refractivity contribution < 1.29 is 14.1 Å². The van der Waals surface area contributed by atoms with Crippen molar-refractivity contribution in [3.63, 3.8) is 0 Å². The second-order valence-corrected chi connectivity index (χ2v) is 6.63. The zero-order chi connectivity index (χ0) is 17.6. The van der Waals surface area contributed by atoms with Gasteiger partial charge in [0.15, 0.2) is 0 Å². The molecular weight excluding hydrogens is 316 g/mol. The van der Waals surface area contributed by atoms with E-state index in [2.05, 4.69) is 34.7 Å². The number of nitrogens with zero attached hydrogens (tertiary/aromatic N) is 1. The van der Waals surface area contributed by atoms with Crippen molar-refractivity contribution in [2.45, 2.75) is 52.1 Å². The van der Waals surface area contributed by atoms with Gasteiger partial charge in [-0.25, -0.2) is 0 Å². The molecule has 1 amide bonds. The van der Waals surface area contributed by atoms with Crippen LogP contribution in [0.3, 0.4) is 0 Å². The fourth-order valence-corrected chi connectivity index (χ4v) is 3.39. The van der Waals surface area contributed by atoms with Crippen LogP contribution in [0.4, 0.5) is 0 Å². The molecule has 134 valence electrons. The van der Waals surface area contributed by atoms with Gasteiger partial charge in [0.25, 0.3) is 0 Å². The van der Waals surface area contributed by atoms with Crippen LogP contribution in [0, 0.1) is 13.8 Å². The summed E-state index contributed by atoms with van der Waals surface area (Å²) in [5, 5.41) is 6.82. The highest BCUT2D eigenvalue weighted by Gasteiger charge is 2.20. The van der Waals surface area contributed by atoms with Gasteiger partial charge < -0.3 is 14.6 Å². The Labute approximate surface area is 148 Å². The minimum atomic E-state index is -0.00240. The molecule has 1 N–H and O–H groups in total. The van der Waals surface area contributed by atoms with Crippen LogP contribution in [-0.2, 0) is 22.4 Å². The molecule has 25 heavy (non-hydrogen) atoms. The lowest BCUT2D eigenvalue weighted by molar-refractivity contribution is -0.120. The lowest BCUT2D eigenvalue weighted by Gasteiger charge is -2.25. The molecule has 1 atom stereocenters. The molecular formula is C20H26N2O3. The predicted octanol–water partition coefficient (Wildman–Crippen LogP) is 3.43. The van der Waals surface area contributed by atoms with Crippen LogP contribution in [-0.4, -0.2) is 24.2 Å². The van der Waals surface area contributed by atoms with E-state index in [1.807, 2.05) is 13.8 Å². The van der Waals surface area contributed by atoms with E-state index in [1.54, 1.807) is 0 Å². The third-order valence-electron chi connectivity index (χ3n) is 4.80. The summed E-state index contributed by atoms with van der Waals surface area (Å²) in [4.78, 5) is 12.0. The number of carbonyl (C=O) groups is 1. The van der Waals surface area contributed by atoms with E-state index in [0.717, 1.165) is 30.5 Å². The molecule has 0 unspecified atom stereocenters. The summed E-state index contributed by atoms with van der Waals surface area (Å²) in [6.45, 7) is 4.97. The van der Waals surface area contributed by atoms with Gasteiger partial charge in [-0.05, 0) is 50.7 Å². The molecule has 0 radical (unpaired) electrons. The molecule has 1 aromatic heterocycles. The van der Waals surface area contributed by atoms with Gasteiger partial charge in [-0.1, -0.05) is 29.4 Å². The molecule has 1 aliphatic carbocycles. The first-order valence-corrected chi connectivity index (χ1v) is 9.03. The van der Waals surface area contributed by atoms with Crippen molar-refractivity contribution in [3.05, 3.63) is 52.4 Å². The quantitative estimate of drug-likeness (QED) is 0.783. The van der Waals surface area contributed by atoms with Crippen molar-refractivity contribution in [3.8, 4) is 0 Å². The summed E-state index contributed by atoms with van der Waals surface area (Å²) in [6.07, 6.45) is 4.73. The second-order valence-electron chi connectivity index (χ2n) is 6.63. The molecule has 1 aromatic carbocycles. The lowest BCUT2D eigenvalue weighted by Crippen LogP contribution is -2.27. The van der Waals surface area contributed by atoms with Crippen molar-refractivity contribution in [2.24, 2.45) is 0 Å². The summed E-state index contributed by atoms with van der Waals surface area (Å²) in [5.41, 5.74) is 4.40. The first-order chi connectivity index (χ1) is 12.1. The third kappa shape index (κ3) is 4.48. The van der Waals surface area contributed by atoms with Gasteiger partial charge in [0.2, 0.25) is 5.91 Å². The standard InChI is InChI=1S/C20H26N2O3/c1-14-18(15(2)25-22-14)13-20(23)21-11-6-12-24-19-10-5-8-16-7-3-4-9-17(16)19/h3-4,7,9,19H,5-6,8,10-13H2,1-2H3,(H,21,23)/t19-/m0/s1. The minimum Gasteiger partial charge on any atom is -0.373 e. The molecule has 5 heteroatoms. The van der Waals surface area contributed by atoms with E-state index in [-0.39, 0.29) is 12.0 Å². The van der Waals surface area contributed by atoms with Crippen LogP contribution in [0.15, 0.2) is 28.8 Å². The number of hydrogen-bond donors (Lipinski definition) is 1. The van der Waals surface area contributed by atoms with Crippen molar-refractivity contribution in [1.82, 2.24) is 10.5 Å². The fourth-order valence-electron chi connectivity index (χ4n) is 3.39. The van der Waals surface area contributed by atoms with Crippen LogP contribution in [0.5, 0.6) is 0 Å². The lowest BCUT2D eigenvalue weighted by atomic mass is 9.89. The number of rotatable bonds is 7. The van der Waals surface area contributed by atoms with Gasteiger partial charge in [-0.3, -0.25) is 4.79 Å². The minimum absolute atomic E-state index is 0.00240. The average Bonchev–Trinajstić information content (AvgIpc) is 2.93. The number of nitrogens with one attached hydrogen (secondary N) is 1. The maximum absolute atomic E-state index is 12.0. The van der Waals surface area contributed by atoms with Gasteiger partial charge in [0, 0.05) is 18.7 Å². The van der Waals surface area contributed by atoms with Crippen LogP contribution >= 0.6 is 0 Å². The van der Waals surface area contributed by atoms with E-state index < -0.39 is 0 Å². The van der Waals surface area contributed by atoms with Crippen molar-refractivity contribution in [2.75, 3.05) is 13.2 Å². The van der Waals surface area contributed by atoms with E-state index in [4.69, 9.17) is 9.26 Å². The molecule has 1 heterocycles. The Bertz CT molecular complexity index is 704. The van der Waals surface area contributed by atoms with Gasteiger partial charge in [0.05, 0.1) is 18.2 Å². The summed E-state index contributed by atoms with van der Waals surface area (Å²) >= 11 is 0. The number of benzene rings is 1. The normalized spacial score (nSPS) is 16.5. The highest BCUT2D eigenvalue weighted by molar-refractivity contribution is 5.78. The predicted molar refractivity (Wildman–Crippen MR) is 95.4 cm³/mol. The largest absolute Gasteiger partial charge is 0.373 e. The van der Waals surface area contributed by atoms with Gasteiger partial charge in [-0.15, -0.1) is 0 Å². The first kappa shape index (κ1) is 17.7. The van der Waals surface area contributed by atoms with E-state index in [1.165, 1.54) is 17.5 Å². The SMILES string of the molecule is Cc1noc(C)c1CC(=O)NCCCO[C@H]1CCCc2ccccc21. The molecule has 0 aliphatic heterocycles. The fraction of sp³-hybridized carbons (Fsp3) is 0.500. The number of aryl methyl sites for hydroxylation is 3. The van der Waals surface area contributed by atoms with E-state index >= 15 is 0 Å². The zero-order valence-electron chi connectivity index (χ0n) is 15.0. The maximum atomic E-state index is 12.0. The van der Waals surface area contributed by atoms with Gasteiger partial charge >= 0.3 is 0 Å². The van der Waals surface area contributed by atoms with Gasteiger partial charge in [0.1, 0.15) is 5.76 Å². The Morgan fingerprint density at radius 3 is 3.00 bits per heavy atom. The Kier molecular flexibility index (Phi) is 5.87. The van der Waals surface area contributed by atoms with Crippen LogP contribution < -0.4 is 5.32 Å². The summed E-state index contributed by atoms with van der Waals surface area (Å²) in [5.74, 6) is 0.712. The maximum Gasteiger partial charge on any atom is 0.224 e. The van der Waals surface area contributed by atoms with Crippen molar-refractivity contribution in [1.29, 1.82) is 0 Å². The zero-order valence-corrected chi connectivity index (χ0v) is 15.0. The number of hydrogen-bond acceptors (Lipinski definition) is 4. The third-order valence-corrected chi connectivity index (χ3v) is 4.80. The summed E-state index contributed by atoms with van der Waals surface area (Å²) in [7, 11) is 0. The topological polar surface area (TPSA) is 64.4 Å². The Morgan fingerprint density at radius 1 is 1.36 bits per heavy atom. The number of aromatic nitrogens is 1. The smallest absolute Gasteiger partial charge is 0.224 e. The molecule has 0 spiro atoms. The van der Waals surface area contributed by atoms with Crippen LogP contribution in [0.1, 0.15) is 53.5 Å². The molecule has 0 saturated carbocycles. The second kappa shape index (κ2) is 8.30. The van der Waals surface area contributed by atoms with E-state index in [9.17, 15) is 4.79 Å². The van der Waals surface area contributed by atoms with Crippen LogP contribution in [0.2, 0.25) is 0 Å². The van der Waals surface area contributed by atoms with Gasteiger partial charge in [-0.2, -0.15) is 0 Å².